The Morgan fingerprint density at radius 1 is 1.18 bits per heavy atom. The molecule has 0 spiro atoms. The number of benzene rings is 2. The summed E-state index contributed by atoms with van der Waals surface area (Å²) >= 11 is 0. The van der Waals surface area contributed by atoms with Gasteiger partial charge in [0.2, 0.25) is 0 Å². The van der Waals surface area contributed by atoms with E-state index in [2.05, 4.69) is 16.3 Å². The van der Waals surface area contributed by atoms with Crippen LogP contribution in [0.4, 0.5) is 0 Å². The van der Waals surface area contributed by atoms with Crippen molar-refractivity contribution in [2.75, 3.05) is 7.11 Å². The fourth-order valence-corrected chi connectivity index (χ4v) is 2.44. The molecule has 1 N–H and O–H groups in total. The minimum atomic E-state index is -0.230. The Morgan fingerprint density at radius 2 is 2.00 bits per heavy atom. The van der Waals surface area contributed by atoms with Crippen LogP contribution in [-0.2, 0) is 0 Å². The van der Waals surface area contributed by atoms with E-state index in [0.717, 1.165) is 16.5 Å². The zero-order valence-corrected chi connectivity index (χ0v) is 12.2. The maximum atomic E-state index is 11.9. The summed E-state index contributed by atoms with van der Waals surface area (Å²) in [4.78, 5) is 11.9. The molecule has 0 bridgehead atoms. The third-order valence-electron chi connectivity index (χ3n) is 3.53. The molecule has 0 saturated carbocycles. The number of aromatic amines is 1. The minimum absolute atomic E-state index is 0.230. The van der Waals surface area contributed by atoms with Crippen LogP contribution in [0.15, 0.2) is 41.2 Å². The molecule has 108 valence electrons. The fourth-order valence-electron chi connectivity index (χ4n) is 2.44. The first-order chi connectivity index (χ1) is 10.6. The SMILES string of the molecule is COc1cc(C#N)ccc1-c1n[nH]c(=O)c2ccc(C)cc12. The highest BCUT2D eigenvalue weighted by atomic mass is 16.5. The summed E-state index contributed by atoms with van der Waals surface area (Å²) in [6.07, 6.45) is 0. The Balaban J connectivity index is 2.36. The number of nitriles is 1. The molecule has 0 fully saturated rings. The molecule has 2 aromatic carbocycles. The first-order valence-electron chi connectivity index (χ1n) is 6.71. The van der Waals surface area contributed by atoms with Gasteiger partial charge in [0.1, 0.15) is 11.4 Å². The third-order valence-corrected chi connectivity index (χ3v) is 3.53. The quantitative estimate of drug-likeness (QED) is 0.787. The highest BCUT2D eigenvalue weighted by Gasteiger charge is 2.14. The van der Waals surface area contributed by atoms with Crippen LogP contribution in [0.2, 0.25) is 0 Å². The number of methoxy groups -OCH3 is 1. The molecule has 0 atom stereocenters. The number of rotatable bonds is 2. The number of nitrogens with zero attached hydrogens (tertiary/aromatic N) is 2. The van der Waals surface area contributed by atoms with Crippen molar-refractivity contribution in [2.24, 2.45) is 0 Å². The summed E-state index contributed by atoms with van der Waals surface area (Å²) in [6, 6.07) is 12.8. The lowest BCUT2D eigenvalue weighted by Gasteiger charge is -2.10. The second kappa shape index (κ2) is 5.34. The Morgan fingerprint density at radius 3 is 2.73 bits per heavy atom. The van der Waals surface area contributed by atoms with Gasteiger partial charge in [0, 0.05) is 10.9 Å². The van der Waals surface area contributed by atoms with E-state index in [1.165, 1.54) is 0 Å². The van der Waals surface area contributed by atoms with Gasteiger partial charge >= 0.3 is 0 Å². The monoisotopic (exact) mass is 291 g/mol. The van der Waals surface area contributed by atoms with Crippen LogP contribution in [0, 0.1) is 18.3 Å². The van der Waals surface area contributed by atoms with Crippen LogP contribution in [0.5, 0.6) is 5.75 Å². The molecule has 0 radical (unpaired) electrons. The van der Waals surface area contributed by atoms with E-state index in [4.69, 9.17) is 10.00 Å². The molecule has 0 amide bonds. The molecule has 1 heterocycles. The van der Waals surface area contributed by atoms with Crippen molar-refractivity contribution in [1.82, 2.24) is 10.2 Å². The predicted molar refractivity (Wildman–Crippen MR) is 83.8 cm³/mol. The maximum absolute atomic E-state index is 11.9. The number of ether oxygens (including phenoxy) is 1. The van der Waals surface area contributed by atoms with Gasteiger partial charge in [-0.15, -0.1) is 0 Å². The van der Waals surface area contributed by atoms with E-state index >= 15 is 0 Å². The Bertz CT molecular complexity index is 968. The molecule has 0 aliphatic carbocycles. The first kappa shape index (κ1) is 13.8. The highest BCUT2D eigenvalue weighted by molar-refractivity contribution is 5.95. The Kier molecular flexibility index (Phi) is 3.36. The number of H-pyrrole nitrogens is 1. The number of hydrogen-bond donors (Lipinski definition) is 1. The van der Waals surface area contributed by atoms with Gasteiger partial charge in [-0.3, -0.25) is 4.79 Å². The molecule has 0 aliphatic rings. The van der Waals surface area contributed by atoms with Crippen molar-refractivity contribution in [1.29, 1.82) is 5.26 Å². The summed E-state index contributed by atoms with van der Waals surface area (Å²) in [5.74, 6) is 0.543. The molecule has 0 aliphatic heterocycles. The predicted octanol–water partition coefficient (Wildman–Crippen LogP) is 2.78. The van der Waals surface area contributed by atoms with Crippen molar-refractivity contribution < 1.29 is 4.74 Å². The number of aryl methyl sites for hydroxylation is 1. The molecule has 3 aromatic rings. The summed E-state index contributed by atoms with van der Waals surface area (Å²) in [7, 11) is 1.54. The number of hydrogen-bond acceptors (Lipinski definition) is 4. The van der Waals surface area contributed by atoms with Crippen LogP contribution >= 0.6 is 0 Å². The summed E-state index contributed by atoms with van der Waals surface area (Å²) < 4.78 is 5.37. The van der Waals surface area contributed by atoms with Crippen molar-refractivity contribution in [3.05, 3.63) is 57.9 Å². The van der Waals surface area contributed by atoms with Gasteiger partial charge in [0.15, 0.2) is 0 Å². The fraction of sp³-hybridized carbons (Fsp3) is 0.118. The van der Waals surface area contributed by atoms with Crippen molar-refractivity contribution in [2.45, 2.75) is 6.92 Å². The summed E-state index contributed by atoms with van der Waals surface area (Å²) in [5.41, 5.74) is 2.67. The Labute approximate surface area is 126 Å². The molecule has 5 nitrogen and oxygen atoms in total. The van der Waals surface area contributed by atoms with Gasteiger partial charge in [-0.2, -0.15) is 10.4 Å². The summed E-state index contributed by atoms with van der Waals surface area (Å²) in [6.45, 7) is 1.96. The van der Waals surface area contributed by atoms with Crippen LogP contribution < -0.4 is 10.3 Å². The molecule has 5 heteroatoms. The first-order valence-corrected chi connectivity index (χ1v) is 6.71. The van der Waals surface area contributed by atoms with Crippen molar-refractivity contribution in [3.8, 4) is 23.1 Å². The minimum Gasteiger partial charge on any atom is -0.496 e. The normalized spacial score (nSPS) is 10.4. The standard InChI is InChI=1S/C17H13N3O2/c1-10-3-5-12-14(7-10)16(19-20-17(12)21)13-6-4-11(9-18)8-15(13)22-2/h3-8H,1-2H3,(H,20,21). The second-order valence-electron chi connectivity index (χ2n) is 4.98. The molecule has 22 heavy (non-hydrogen) atoms. The van der Waals surface area contributed by atoms with E-state index in [-0.39, 0.29) is 5.56 Å². The van der Waals surface area contributed by atoms with Crippen LogP contribution in [-0.4, -0.2) is 17.3 Å². The lowest BCUT2D eigenvalue weighted by Crippen LogP contribution is -2.09. The second-order valence-corrected chi connectivity index (χ2v) is 4.98. The molecule has 0 unspecified atom stereocenters. The van der Waals surface area contributed by atoms with E-state index in [1.807, 2.05) is 19.1 Å². The summed E-state index contributed by atoms with van der Waals surface area (Å²) in [5, 5.41) is 17.0. The van der Waals surface area contributed by atoms with Gasteiger partial charge < -0.3 is 4.74 Å². The molecule has 1 aromatic heterocycles. The van der Waals surface area contributed by atoms with Gasteiger partial charge in [0.05, 0.1) is 24.1 Å². The Hall–Kier alpha value is -3.13. The topological polar surface area (TPSA) is 78.8 Å². The maximum Gasteiger partial charge on any atom is 0.272 e. The van der Waals surface area contributed by atoms with E-state index in [9.17, 15) is 4.79 Å². The van der Waals surface area contributed by atoms with E-state index < -0.39 is 0 Å². The number of nitrogens with one attached hydrogen (secondary N) is 1. The molecule has 0 saturated heterocycles. The van der Waals surface area contributed by atoms with E-state index in [0.29, 0.717) is 22.4 Å². The number of aromatic nitrogens is 2. The zero-order valence-electron chi connectivity index (χ0n) is 12.2. The van der Waals surface area contributed by atoms with Gasteiger partial charge in [-0.25, -0.2) is 5.10 Å². The zero-order chi connectivity index (χ0) is 15.7. The van der Waals surface area contributed by atoms with Crippen molar-refractivity contribution >= 4 is 10.8 Å². The number of fused-ring (bicyclic) bond motifs is 1. The van der Waals surface area contributed by atoms with Crippen LogP contribution in [0.1, 0.15) is 11.1 Å². The lowest BCUT2D eigenvalue weighted by atomic mass is 10.0. The van der Waals surface area contributed by atoms with Crippen molar-refractivity contribution in [3.63, 3.8) is 0 Å². The average Bonchev–Trinajstić information content (AvgIpc) is 2.54. The van der Waals surface area contributed by atoms with Gasteiger partial charge in [-0.05, 0) is 37.3 Å². The molecular weight excluding hydrogens is 278 g/mol. The average molecular weight is 291 g/mol. The van der Waals surface area contributed by atoms with Crippen LogP contribution in [0.25, 0.3) is 22.0 Å². The molecule has 3 rings (SSSR count). The smallest absolute Gasteiger partial charge is 0.272 e. The van der Waals surface area contributed by atoms with Gasteiger partial charge in [-0.1, -0.05) is 11.6 Å². The highest BCUT2D eigenvalue weighted by Crippen LogP contribution is 2.33. The molecular formula is C17H13N3O2. The van der Waals surface area contributed by atoms with Gasteiger partial charge in [0.25, 0.3) is 5.56 Å². The van der Waals surface area contributed by atoms with Crippen LogP contribution in [0.3, 0.4) is 0 Å². The van der Waals surface area contributed by atoms with E-state index in [1.54, 1.807) is 31.4 Å². The lowest BCUT2D eigenvalue weighted by molar-refractivity contribution is 0.416. The third kappa shape index (κ3) is 2.21. The largest absolute Gasteiger partial charge is 0.496 e.